The van der Waals surface area contributed by atoms with E-state index in [2.05, 4.69) is 5.32 Å². The lowest BCUT2D eigenvalue weighted by Gasteiger charge is -2.27. The molecule has 0 aromatic carbocycles. The summed E-state index contributed by atoms with van der Waals surface area (Å²) in [5, 5.41) is 2.82. The van der Waals surface area contributed by atoms with E-state index in [1.54, 1.807) is 12.0 Å². The van der Waals surface area contributed by atoms with Crippen LogP contribution in [0.1, 0.15) is 26.2 Å². The minimum absolute atomic E-state index is 0.0488. The summed E-state index contributed by atoms with van der Waals surface area (Å²) in [6.07, 6.45) is 1.81. The van der Waals surface area contributed by atoms with Crippen molar-refractivity contribution in [2.24, 2.45) is 11.8 Å². The van der Waals surface area contributed by atoms with E-state index in [0.29, 0.717) is 32.5 Å². The lowest BCUT2D eigenvalue weighted by molar-refractivity contribution is -0.136. The molecule has 2 rings (SSSR count). The highest BCUT2D eigenvalue weighted by atomic mass is 32.2. The summed E-state index contributed by atoms with van der Waals surface area (Å²) in [5.41, 5.74) is 0. The van der Waals surface area contributed by atoms with E-state index >= 15 is 0 Å². The molecule has 1 heterocycles. The molecule has 8 heteroatoms. The molecule has 2 fully saturated rings. The predicted octanol–water partition coefficient (Wildman–Crippen LogP) is -0.189. The number of hydrogen-bond donors (Lipinski definition) is 1. The molecular weight excluding hydrogens is 320 g/mol. The average Bonchev–Trinajstić information content (AvgIpc) is 3.23. The molecular formula is C15H26N2O5S. The predicted molar refractivity (Wildman–Crippen MR) is 85.5 cm³/mol. The second-order valence-corrected chi connectivity index (χ2v) is 8.50. The Labute approximate surface area is 137 Å². The Bertz CT molecular complexity index is 548. The van der Waals surface area contributed by atoms with Gasteiger partial charge in [-0.3, -0.25) is 9.59 Å². The Morgan fingerprint density at radius 1 is 1.30 bits per heavy atom. The largest absolute Gasteiger partial charge is 0.385 e. The van der Waals surface area contributed by atoms with Crippen molar-refractivity contribution in [1.29, 1.82) is 0 Å². The van der Waals surface area contributed by atoms with Gasteiger partial charge >= 0.3 is 0 Å². The van der Waals surface area contributed by atoms with Crippen LogP contribution in [0.4, 0.5) is 0 Å². The third kappa shape index (κ3) is 4.67. The smallest absolute Gasteiger partial charge is 0.226 e. The van der Waals surface area contributed by atoms with Gasteiger partial charge in [-0.05, 0) is 26.2 Å². The van der Waals surface area contributed by atoms with E-state index in [1.165, 1.54) is 0 Å². The topological polar surface area (TPSA) is 92.8 Å². The first kappa shape index (κ1) is 18.2. The number of nitrogens with one attached hydrogen (secondary N) is 1. The highest BCUT2D eigenvalue weighted by Gasteiger charge is 2.50. The first-order chi connectivity index (χ1) is 10.9. The van der Waals surface area contributed by atoms with E-state index < -0.39 is 9.84 Å². The van der Waals surface area contributed by atoms with Gasteiger partial charge in [0, 0.05) is 32.8 Å². The van der Waals surface area contributed by atoms with E-state index in [0.717, 1.165) is 6.42 Å². The zero-order valence-corrected chi connectivity index (χ0v) is 14.6. The van der Waals surface area contributed by atoms with Crippen LogP contribution in [-0.2, 0) is 24.2 Å². The fourth-order valence-corrected chi connectivity index (χ4v) is 4.88. The van der Waals surface area contributed by atoms with E-state index in [-0.39, 0.29) is 41.2 Å². The minimum atomic E-state index is -3.02. The molecule has 0 aromatic heterocycles. The second kappa shape index (κ2) is 7.61. The zero-order chi connectivity index (χ0) is 17.0. The molecule has 1 saturated carbocycles. The van der Waals surface area contributed by atoms with Gasteiger partial charge in [-0.25, -0.2) is 8.42 Å². The van der Waals surface area contributed by atoms with Gasteiger partial charge in [0.2, 0.25) is 11.8 Å². The third-order valence-corrected chi connectivity index (χ3v) is 6.29. The molecule has 1 N–H and O–H groups in total. The van der Waals surface area contributed by atoms with Crippen molar-refractivity contribution in [1.82, 2.24) is 10.2 Å². The fourth-order valence-electron chi connectivity index (χ4n) is 3.15. The maximum atomic E-state index is 12.6. The number of nitrogens with zero attached hydrogens (tertiary/aromatic N) is 1. The number of ether oxygens (including phenoxy) is 1. The molecule has 132 valence electrons. The lowest BCUT2D eigenvalue weighted by Crippen LogP contribution is -2.42. The maximum absolute atomic E-state index is 12.6. The van der Waals surface area contributed by atoms with Crippen molar-refractivity contribution < 1.29 is 22.7 Å². The number of carbonyl (C=O) groups excluding carboxylic acids is 2. The van der Waals surface area contributed by atoms with Gasteiger partial charge in [0.1, 0.15) is 0 Å². The summed E-state index contributed by atoms with van der Waals surface area (Å²) in [6, 6.07) is -0.233. The molecule has 2 aliphatic rings. The summed E-state index contributed by atoms with van der Waals surface area (Å²) in [5.74, 6) is -0.526. The number of sulfone groups is 1. The van der Waals surface area contributed by atoms with Crippen LogP contribution in [0.3, 0.4) is 0 Å². The van der Waals surface area contributed by atoms with Gasteiger partial charge in [-0.15, -0.1) is 0 Å². The number of methoxy groups -OCH3 is 1. The Hall–Kier alpha value is -1.15. The molecule has 1 aliphatic heterocycles. The average molecular weight is 346 g/mol. The number of carbonyl (C=O) groups is 2. The molecule has 3 unspecified atom stereocenters. The van der Waals surface area contributed by atoms with Crippen molar-refractivity contribution in [3.63, 3.8) is 0 Å². The molecule has 0 aromatic rings. The maximum Gasteiger partial charge on any atom is 0.226 e. The van der Waals surface area contributed by atoms with Crippen LogP contribution in [0, 0.1) is 11.8 Å². The van der Waals surface area contributed by atoms with Crippen molar-refractivity contribution in [2.45, 2.75) is 32.2 Å². The van der Waals surface area contributed by atoms with E-state index in [1.807, 2.05) is 6.92 Å². The lowest BCUT2D eigenvalue weighted by atomic mass is 10.2. The fraction of sp³-hybridized carbons (Fsp3) is 0.867. The summed E-state index contributed by atoms with van der Waals surface area (Å²) in [6.45, 7) is 3.47. The molecule has 1 saturated heterocycles. The minimum Gasteiger partial charge on any atom is -0.385 e. The van der Waals surface area contributed by atoms with Crippen LogP contribution in [0.2, 0.25) is 0 Å². The monoisotopic (exact) mass is 346 g/mol. The Morgan fingerprint density at radius 2 is 2.04 bits per heavy atom. The van der Waals surface area contributed by atoms with Crippen LogP contribution in [-0.4, -0.2) is 69.5 Å². The molecule has 0 bridgehead atoms. The van der Waals surface area contributed by atoms with Crippen molar-refractivity contribution >= 4 is 21.7 Å². The van der Waals surface area contributed by atoms with Crippen LogP contribution in [0.5, 0.6) is 0 Å². The number of amides is 2. The summed E-state index contributed by atoms with van der Waals surface area (Å²) >= 11 is 0. The quantitative estimate of drug-likeness (QED) is 0.615. The first-order valence-corrected chi connectivity index (χ1v) is 9.99. The standard InChI is InChI=1S/C15H26N2O5S/c1-3-17(11-5-8-23(20,21)10-11)15(19)13-9-12(13)14(18)16-6-4-7-22-2/h11-13H,3-10H2,1-2H3,(H,16,18). The molecule has 3 atom stereocenters. The van der Waals surface area contributed by atoms with Gasteiger partial charge in [-0.2, -0.15) is 0 Å². The molecule has 0 spiro atoms. The van der Waals surface area contributed by atoms with Crippen molar-refractivity contribution in [3.05, 3.63) is 0 Å². The van der Waals surface area contributed by atoms with Gasteiger partial charge < -0.3 is 15.0 Å². The van der Waals surface area contributed by atoms with Crippen molar-refractivity contribution in [3.8, 4) is 0 Å². The SMILES string of the molecule is CCN(C(=O)C1CC1C(=O)NCCCOC)C1CCS(=O)(=O)C1. The van der Waals surface area contributed by atoms with Crippen molar-refractivity contribution in [2.75, 3.05) is 38.3 Å². The normalized spacial score (nSPS) is 28.3. The van der Waals surface area contributed by atoms with Crippen LogP contribution in [0.15, 0.2) is 0 Å². The van der Waals surface area contributed by atoms with Crippen LogP contribution >= 0.6 is 0 Å². The van der Waals surface area contributed by atoms with Gasteiger partial charge in [0.05, 0.1) is 23.3 Å². The summed E-state index contributed by atoms with van der Waals surface area (Å²) < 4.78 is 28.1. The highest BCUT2D eigenvalue weighted by molar-refractivity contribution is 7.91. The summed E-state index contributed by atoms with van der Waals surface area (Å²) in [7, 11) is -1.41. The number of hydrogen-bond acceptors (Lipinski definition) is 5. The van der Waals surface area contributed by atoms with Gasteiger partial charge in [0.15, 0.2) is 9.84 Å². The molecule has 7 nitrogen and oxygen atoms in total. The molecule has 1 aliphatic carbocycles. The molecule has 0 radical (unpaired) electrons. The Balaban J connectivity index is 1.83. The summed E-state index contributed by atoms with van der Waals surface area (Å²) in [4.78, 5) is 26.2. The Kier molecular flexibility index (Phi) is 6.02. The molecule has 2 amide bonds. The zero-order valence-electron chi connectivity index (χ0n) is 13.8. The van der Waals surface area contributed by atoms with Crippen LogP contribution < -0.4 is 5.32 Å². The van der Waals surface area contributed by atoms with E-state index in [4.69, 9.17) is 4.74 Å². The Morgan fingerprint density at radius 3 is 2.61 bits per heavy atom. The van der Waals surface area contributed by atoms with Gasteiger partial charge in [0.25, 0.3) is 0 Å². The second-order valence-electron chi connectivity index (χ2n) is 6.27. The number of rotatable bonds is 8. The van der Waals surface area contributed by atoms with Gasteiger partial charge in [-0.1, -0.05) is 0 Å². The third-order valence-electron chi connectivity index (χ3n) is 4.54. The van der Waals surface area contributed by atoms with E-state index in [9.17, 15) is 18.0 Å². The first-order valence-electron chi connectivity index (χ1n) is 8.17. The van der Waals surface area contributed by atoms with Crippen LogP contribution in [0.25, 0.3) is 0 Å². The molecule has 23 heavy (non-hydrogen) atoms. The highest BCUT2D eigenvalue weighted by Crippen LogP contribution is 2.41.